The largest absolute Gasteiger partial charge is 0.330 e. The maximum atomic E-state index is 12.4. The topological polar surface area (TPSA) is 20.3 Å². The molecule has 0 aliphatic carbocycles. The molecule has 1 aliphatic rings. The van der Waals surface area contributed by atoms with Crippen molar-refractivity contribution in [1.82, 2.24) is 4.90 Å². The van der Waals surface area contributed by atoms with E-state index in [-0.39, 0.29) is 5.91 Å². The molecule has 1 heterocycles. The van der Waals surface area contributed by atoms with Crippen LogP contribution < -0.4 is 0 Å². The quantitative estimate of drug-likeness (QED) is 0.607. The van der Waals surface area contributed by atoms with Crippen LogP contribution in [0.5, 0.6) is 0 Å². The summed E-state index contributed by atoms with van der Waals surface area (Å²) >= 11 is 0. The molecule has 13 heavy (non-hydrogen) atoms. The molecular formula is C9H13F2NO. The van der Waals surface area contributed by atoms with Gasteiger partial charge in [0.1, 0.15) is 0 Å². The zero-order valence-electron chi connectivity index (χ0n) is 7.54. The van der Waals surface area contributed by atoms with Crippen LogP contribution in [0.1, 0.15) is 19.8 Å². The van der Waals surface area contributed by atoms with E-state index < -0.39 is 12.5 Å². The number of alkyl halides is 2. The van der Waals surface area contributed by atoms with Crippen molar-refractivity contribution in [2.75, 3.05) is 6.54 Å². The van der Waals surface area contributed by atoms with Crippen LogP contribution in [0.4, 0.5) is 8.78 Å². The van der Waals surface area contributed by atoms with Crippen LogP contribution in [-0.4, -0.2) is 29.8 Å². The maximum absolute atomic E-state index is 12.4. The number of hydrogen-bond acceptors (Lipinski definition) is 1. The smallest absolute Gasteiger partial charge is 0.258 e. The average Bonchev–Trinajstić information content (AvgIpc) is 2.52. The number of carbonyl (C=O) groups excluding carboxylic acids is 1. The lowest BCUT2D eigenvalue weighted by molar-refractivity contribution is -0.129. The predicted molar refractivity (Wildman–Crippen MR) is 45.6 cm³/mol. The Bertz CT molecular complexity index is 216. The molecule has 0 aromatic heterocycles. The van der Waals surface area contributed by atoms with Crippen LogP contribution in [0, 0.1) is 0 Å². The number of amides is 1. The number of rotatable bonds is 2. The number of halogens is 2. The van der Waals surface area contributed by atoms with Gasteiger partial charge < -0.3 is 4.90 Å². The second-order valence-corrected chi connectivity index (χ2v) is 3.08. The molecule has 0 aromatic carbocycles. The van der Waals surface area contributed by atoms with Gasteiger partial charge in [-0.25, -0.2) is 8.78 Å². The highest BCUT2D eigenvalue weighted by Gasteiger charge is 2.33. The Morgan fingerprint density at radius 1 is 1.62 bits per heavy atom. The fourth-order valence-electron chi connectivity index (χ4n) is 1.57. The standard InChI is InChI=1S/C9H13F2NO/c1-2-4-8(13)12-6-3-5-7(12)9(10)11/h2,4,7,9H,3,5-6H2,1H3/b4-2+/t7-/m1/s1. The molecule has 1 amide bonds. The van der Waals surface area contributed by atoms with Crippen LogP contribution in [0.3, 0.4) is 0 Å². The van der Waals surface area contributed by atoms with E-state index in [1.807, 2.05) is 0 Å². The lowest BCUT2D eigenvalue weighted by atomic mass is 10.2. The molecule has 1 aliphatic heterocycles. The highest BCUT2D eigenvalue weighted by molar-refractivity contribution is 5.88. The van der Waals surface area contributed by atoms with Gasteiger partial charge in [0.15, 0.2) is 0 Å². The zero-order valence-corrected chi connectivity index (χ0v) is 7.54. The van der Waals surface area contributed by atoms with Gasteiger partial charge in [-0.05, 0) is 25.8 Å². The van der Waals surface area contributed by atoms with Crippen molar-refractivity contribution < 1.29 is 13.6 Å². The highest BCUT2D eigenvalue weighted by Crippen LogP contribution is 2.22. The molecule has 1 rings (SSSR count). The lowest BCUT2D eigenvalue weighted by Crippen LogP contribution is -2.38. The Morgan fingerprint density at radius 2 is 2.31 bits per heavy atom. The number of allylic oxidation sites excluding steroid dienone is 1. The second kappa shape index (κ2) is 4.35. The van der Waals surface area contributed by atoms with Gasteiger partial charge in [-0.2, -0.15) is 0 Å². The summed E-state index contributed by atoms with van der Waals surface area (Å²) in [6.45, 7) is 2.16. The van der Waals surface area contributed by atoms with Gasteiger partial charge in [-0.1, -0.05) is 6.08 Å². The van der Waals surface area contributed by atoms with E-state index in [4.69, 9.17) is 0 Å². The van der Waals surface area contributed by atoms with Crippen molar-refractivity contribution in [3.8, 4) is 0 Å². The molecule has 0 saturated carbocycles. The summed E-state index contributed by atoms with van der Waals surface area (Å²) in [5.41, 5.74) is 0. The van der Waals surface area contributed by atoms with E-state index in [0.29, 0.717) is 19.4 Å². The van der Waals surface area contributed by atoms with E-state index in [2.05, 4.69) is 0 Å². The Morgan fingerprint density at radius 3 is 2.85 bits per heavy atom. The molecule has 1 saturated heterocycles. The summed E-state index contributed by atoms with van der Waals surface area (Å²) in [4.78, 5) is 12.5. The van der Waals surface area contributed by atoms with Gasteiger partial charge in [-0.15, -0.1) is 0 Å². The minimum Gasteiger partial charge on any atom is -0.330 e. The minimum atomic E-state index is -2.42. The number of hydrogen-bond donors (Lipinski definition) is 0. The van der Waals surface area contributed by atoms with Crippen molar-refractivity contribution in [2.45, 2.75) is 32.2 Å². The average molecular weight is 189 g/mol. The fourth-order valence-corrected chi connectivity index (χ4v) is 1.57. The number of nitrogens with zero attached hydrogens (tertiary/aromatic N) is 1. The first kappa shape index (κ1) is 10.2. The molecule has 1 fully saturated rings. The molecule has 0 radical (unpaired) electrons. The van der Waals surface area contributed by atoms with Crippen molar-refractivity contribution in [3.05, 3.63) is 12.2 Å². The Balaban J connectivity index is 2.62. The van der Waals surface area contributed by atoms with Crippen LogP contribution in [-0.2, 0) is 4.79 Å². The van der Waals surface area contributed by atoms with Crippen LogP contribution in [0.25, 0.3) is 0 Å². The van der Waals surface area contributed by atoms with Crippen LogP contribution >= 0.6 is 0 Å². The molecule has 74 valence electrons. The van der Waals surface area contributed by atoms with Crippen molar-refractivity contribution >= 4 is 5.91 Å². The van der Waals surface area contributed by atoms with Crippen LogP contribution in [0.2, 0.25) is 0 Å². The second-order valence-electron chi connectivity index (χ2n) is 3.08. The molecule has 2 nitrogen and oxygen atoms in total. The molecule has 0 N–H and O–H groups in total. The summed E-state index contributed by atoms with van der Waals surface area (Å²) in [7, 11) is 0. The third-order valence-corrected chi connectivity index (χ3v) is 2.18. The Kier molecular flexibility index (Phi) is 3.39. The molecule has 4 heteroatoms. The third kappa shape index (κ3) is 2.26. The number of carbonyl (C=O) groups is 1. The molecule has 0 unspecified atom stereocenters. The third-order valence-electron chi connectivity index (χ3n) is 2.18. The minimum absolute atomic E-state index is 0.301. The highest BCUT2D eigenvalue weighted by atomic mass is 19.3. The maximum Gasteiger partial charge on any atom is 0.258 e. The SMILES string of the molecule is C/C=C/C(=O)N1CCC[C@@H]1C(F)F. The number of likely N-dealkylation sites (tertiary alicyclic amines) is 1. The van der Waals surface area contributed by atoms with Crippen molar-refractivity contribution in [2.24, 2.45) is 0 Å². The van der Waals surface area contributed by atoms with Crippen molar-refractivity contribution in [1.29, 1.82) is 0 Å². The van der Waals surface area contributed by atoms with E-state index in [9.17, 15) is 13.6 Å². The lowest BCUT2D eigenvalue weighted by Gasteiger charge is -2.22. The van der Waals surface area contributed by atoms with E-state index >= 15 is 0 Å². The summed E-state index contributed by atoms with van der Waals surface area (Å²) in [6, 6.07) is -0.872. The van der Waals surface area contributed by atoms with Crippen molar-refractivity contribution in [3.63, 3.8) is 0 Å². The summed E-state index contributed by atoms with van der Waals surface area (Å²) in [5, 5.41) is 0. The summed E-state index contributed by atoms with van der Waals surface area (Å²) in [5.74, 6) is -0.301. The first-order valence-corrected chi connectivity index (χ1v) is 4.38. The Labute approximate surface area is 76.2 Å². The molecule has 0 aromatic rings. The summed E-state index contributed by atoms with van der Waals surface area (Å²) in [6.07, 6.45) is 1.58. The van der Waals surface area contributed by atoms with E-state index in [0.717, 1.165) is 0 Å². The summed E-state index contributed by atoms with van der Waals surface area (Å²) < 4.78 is 24.7. The van der Waals surface area contributed by atoms with Gasteiger partial charge in [0.25, 0.3) is 6.43 Å². The molecule has 1 atom stereocenters. The van der Waals surface area contributed by atoms with Gasteiger partial charge in [-0.3, -0.25) is 4.79 Å². The van der Waals surface area contributed by atoms with E-state index in [1.54, 1.807) is 13.0 Å². The Hall–Kier alpha value is -0.930. The zero-order chi connectivity index (χ0) is 9.84. The molecule has 0 bridgehead atoms. The molecular weight excluding hydrogens is 176 g/mol. The van der Waals surface area contributed by atoms with Crippen LogP contribution in [0.15, 0.2) is 12.2 Å². The first-order chi connectivity index (χ1) is 6.16. The first-order valence-electron chi connectivity index (χ1n) is 4.38. The van der Waals surface area contributed by atoms with Gasteiger partial charge in [0, 0.05) is 6.54 Å². The molecule has 0 spiro atoms. The van der Waals surface area contributed by atoms with Gasteiger partial charge >= 0.3 is 0 Å². The van der Waals surface area contributed by atoms with E-state index in [1.165, 1.54) is 11.0 Å². The predicted octanol–water partition coefficient (Wildman–Crippen LogP) is 1.82. The fraction of sp³-hybridized carbons (Fsp3) is 0.667. The monoisotopic (exact) mass is 189 g/mol. The van der Waals surface area contributed by atoms with Gasteiger partial charge in [0.05, 0.1) is 6.04 Å². The normalized spacial score (nSPS) is 23.4. The van der Waals surface area contributed by atoms with Gasteiger partial charge in [0.2, 0.25) is 5.91 Å².